The highest BCUT2D eigenvalue weighted by molar-refractivity contribution is 5.24. The van der Waals surface area contributed by atoms with Crippen LogP contribution >= 0.6 is 0 Å². The zero-order valence-corrected chi connectivity index (χ0v) is 6.20. The van der Waals surface area contributed by atoms with Crippen LogP contribution in [0.3, 0.4) is 0 Å². The Kier molecular flexibility index (Phi) is 2.65. The van der Waals surface area contributed by atoms with Gasteiger partial charge in [0.15, 0.2) is 0 Å². The molecule has 0 aliphatic rings. The molecular weight excluding hydrogens is 136 g/mol. The molecule has 11 heavy (non-hydrogen) atoms. The van der Waals surface area contributed by atoms with Crippen LogP contribution in [0, 0.1) is 11.3 Å². The lowest BCUT2D eigenvalue weighted by atomic mass is 10.0. The van der Waals surface area contributed by atoms with Gasteiger partial charge in [0.25, 0.3) is 0 Å². The van der Waals surface area contributed by atoms with E-state index in [0.29, 0.717) is 6.54 Å². The first-order valence-corrected chi connectivity index (χ1v) is 3.53. The second-order valence-electron chi connectivity index (χ2n) is 2.33. The molecule has 2 heteroatoms. The molecule has 0 saturated heterocycles. The van der Waals surface area contributed by atoms with Crippen LogP contribution < -0.4 is 5.73 Å². The van der Waals surface area contributed by atoms with Crippen molar-refractivity contribution in [1.82, 2.24) is 0 Å². The van der Waals surface area contributed by atoms with E-state index < -0.39 is 0 Å². The van der Waals surface area contributed by atoms with Gasteiger partial charge >= 0.3 is 0 Å². The third-order valence-electron chi connectivity index (χ3n) is 1.59. The van der Waals surface area contributed by atoms with Crippen molar-refractivity contribution >= 4 is 0 Å². The molecule has 0 spiro atoms. The predicted molar refractivity (Wildman–Crippen MR) is 43.9 cm³/mol. The molecule has 0 aliphatic carbocycles. The first kappa shape index (κ1) is 7.77. The van der Waals surface area contributed by atoms with Crippen molar-refractivity contribution in [3.63, 3.8) is 0 Å². The summed E-state index contributed by atoms with van der Waals surface area (Å²) >= 11 is 0. The minimum Gasteiger partial charge on any atom is -0.329 e. The number of nitrogens with two attached hydrogens (primary N) is 1. The zero-order valence-electron chi connectivity index (χ0n) is 6.20. The van der Waals surface area contributed by atoms with E-state index in [1.807, 2.05) is 30.3 Å². The summed E-state index contributed by atoms with van der Waals surface area (Å²) in [5, 5.41) is 8.65. The minimum absolute atomic E-state index is 0.156. The molecule has 0 saturated carbocycles. The summed E-state index contributed by atoms with van der Waals surface area (Å²) in [5.41, 5.74) is 6.39. The molecule has 0 amide bonds. The monoisotopic (exact) mass is 146 g/mol. The fourth-order valence-corrected chi connectivity index (χ4v) is 0.949. The summed E-state index contributed by atoms with van der Waals surface area (Å²) in [6, 6.07) is 11.7. The number of hydrogen-bond donors (Lipinski definition) is 1. The van der Waals surface area contributed by atoms with Gasteiger partial charge in [0.05, 0.1) is 12.0 Å². The largest absolute Gasteiger partial charge is 0.329 e. The minimum atomic E-state index is -0.156. The van der Waals surface area contributed by atoms with Gasteiger partial charge in [-0.15, -0.1) is 0 Å². The Morgan fingerprint density at radius 1 is 1.36 bits per heavy atom. The maximum atomic E-state index is 8.65. The van der Waals surface area contributed by atoms with Crippen LogP contribution in [-0.4, -0.2) is 6.54 Å². The molecule has 0 fully saturated rings. The quantitative estimate of drug-likeness (QED) is 0.682. The summed E-state index contributed by atoms with van der Waals surface area (Å²) in [5.74, 6) is -0.156. The molecule has 0 heterocycles. The maximum absolute atomic E-state index is 8.65. The van der Waals surface area contributed by atoms with Crippen molar-refractivity contribution in [2.45, 2.75) is 5.92 Å². The van der Waals surface area contributed by atoms with Crippen molar-refractivity contribution in [2.24, 2.45) is 5.73 Å². The van der Waals surface area contributed by atoms with E-state index in [1.54, 1.807) is 0 Å². The van der Waals surface area contributed by atoms with E-state index in [-0.39, 0.29) is 5.92 Å². The van der Waals surface area contributed by atoms with Crippen LogP contribution in [0.5, 0.6) is 0 Å². The lowest BCUT2D eigenvalue weighted by molar-refractivity contribution is 0.862. The van der Waals surface area contributed by atoms with Gasteiger partial charge in [0, 0.05) is 6.54 Å². The summed E-state index contributed by atoms with van der Waals surface area (Å²) in [6.45, 7) is 0.389. The average Bonchev–Trinajstić information content (AvgIpc) is 2.09. The lowest BCUT2D eigenvalue weighted by Crippen LogP contribution is -2.09. The summed E-state index contributed by atoms with van der Waals surface area (Å²) in [7, 11) is 0. The van der Waals surface area contributed by atoms with Gasteiger partial charge in [-0.1, -0.05) is 30.3 Å². The molecule has 1 unspecified atom stereocenters. The molecule has 1 rings (SSSR count). The van der Waals surface area contributed by atoms with Gasteiger partial charge in [-0.25, -0.2) is 0 Å². The van der Waals surface area contributed by atoms with Crippen LogP contribution in [0.15, 0.2) is 30.3 Å². The highest BCUT2D eigenvalue weighted by atomic mass is 14.5. The van der Waals surface area contributed by atoms with Crippen LogP contribution in [0.25, 0.3) is 0 Å². The van der Waals surface area contributed by atoms with E-state index in [4.69, 9.17) is 11.0 Å². The molecule has 0 aromatic heterocycles. The molecule has 0 bridgehead atoms. The number of rotatable bonds is 2. The molecule has 1 aromatic rings. The number of hydrogen-bond acceptors (Lipinski definition) is 2. The fourth-order valence-electron chi connectivity index (χ4n) is 0.949. The summed E-state index contributed by atoms with van der Waals surface area (Å²) in [6.07, 6.45) is 0. The van der Waals surface area contributed by atoms with Crippen molar-refractivity contribution in [3.8, 4) is 6.07 Å². The first-order valence-electron chi connectivity index (χ1n) is 3.53. The molecule has 56 valence electrons. The van der Waals surface area contributed by atoms with E-state index in [2.05, 4.69) is 6.07 Å². The molecule has 1 aromatic carbocycles. The van der Waals surface area contributed by atoms with Gasteiger partial charge in [0.1, 0.15) is 0 Å². The van der Waals surface area contributed by atoms with E-state index in [0.717, 1.165) is 5.56 Å². The molecule has 2 N–H and O–H groups in total. The number of nitriles is 1. The van der Waals surface area contributed by atoms with Crippen LogP contribution in [-0.2, 0) is 0 Å². The Balaban J connectivity index is 2.85. The summed E-state index contributed by atoms with van der Waals surface area (Å²) in [4.78, 5) is 0. The molecule has 2 nitrogen and oxygen atoms in total. The third kappa shape index (κ3) is 1.79. The Bertz CT molecular complexity index is 248. The maximum Gasteiger partial charge on any atom is 0.0834 e. The molecule has 1 atom stereocenters. The predicted octanol–water partition coefficient (Wildman–Crippen LogP) is 1.25. The SMILES string of the molecule is N#CC(CN)c1ccccc1. The first-order chi connectivity index (χ1) is 5.38. The Morgan fingerprint density at radius 2 is 2.00 bits per heavy atom. The number of nitrogens with zero attached hydrogens (tertiary/aromatic N) is 1. The van der Waals surface area contributed by atoms with Gasteiger partial charge in [-0.05, 0) is 5.56 Å². The normalized spacial score (nSPS) is 12.0. The van der Waals surface area contributed by atoms with Crippen molar-refractivity contribution in [2.75, 3.05) is 6.54 Å². The van der Waals surface area contributed by atoms with Gasteiger partial charge in [-0.3, -0.25) is 0 Å². The standard InChI is InChI=1S/C9H10N2/c10-6-9(7-11)8-4-2-1-3-5-8/h1-5,9H,6,10H2. The molecule has 0 aliphatic heterocycles. The smallest absolute Gasteiger partial charge is 0.0834 e. The molecule has 0 radical (unpaired) electrons. The average molecular weight is 146 g/mol. The van der Waals surface area contributed by atoms with Crippen LogP contribution in [0.1, 0.15) is 11.5 Å². The van der Waals surface area contributed by atoms with E-state index >= 15 is 0 Å². The van der Waals surface area contributed by atoms with Crippen LogP contribution in [0.4, 0.5) is 0 Å². The van der Waals surface area contributed by atoms with Crippen LogP contribution in [0.2, 0.25) is 0 Å². The number of benzene rings is 1. The zero-order chi connectivity index (χ0) is 8.10. The second kappa shape index (κ2) is 3.75. The molecular formula is C9H10N2. The topological polar surface area (TPSA) is 49.8 Å². The van der Waals surface area contributed by atoms with Gasteiger partial charge in [0.2, 0.25) is 0 Å². The van der Waals surface area contributed by atoms with E-state index in [1.165, 1.54) is 0 Å². The van der Waals surface area contributed by atoms with Crippen molar-refractivity contribution in [3.05, 3.63) is 35.9 Å². The summed E-state index contributed by atoms with van der Waals surface area (Å²) < 4.78 is 0. The third-order valence-corrected chi connectivity index (χ3v) is 1.59. The van der Waals surface area contributed by atoms with Gasteiger partial charge in [-0.2, -0.15) is 5.26 Å². The lowest BCUT2D eigenvalue weighted by Gasteiger charge is -2.03. The Morgan fingerprint density at radius 3 is 2.45 bits per heavy atom. The van der Waals surface area contributed by atoms with Crippen molar-refractivity contribution in [1.29, 1.82) is 5.26 Å². The van der Waals surface area contributed by atoms with Gasteiger partial charge < -0.3 is 5.73 Å². The Hall–Kier alpha value is -1.33. The van der Waals surface area contributed by atoms with Crippen molar-refractivity contribution < 1.29 is 0 Å². The highest BCUT2D eigenvalue weighted by Gasteiger charge is 2.05. The van der Waals surface area contributed by atoms with E-state index in [9.17, 15) is 0 Å². The highest BCUT2D eigenvalue weighted by Crippen LogP contribution is 2.11. The fraction of sp³-hybridized carbons (Fsp3) is 0.222. The second-order valence-corrected chi connectivity index (χ2v) is 2.33. The Labute approximate surface area is 66.3 Å².